The van der Waals surface area contributed by atoms with Gasteiger partial charge in [0, 0.05) is 19.1 Å². The molecule has 1 aliphatic carbocycles. The van der Waals surface area contributed by atoms with Gasteiger partial charge in [-0.05, 0) is 32.2 Å². The molecule has 1 aliphatic heterocycles. The van der Waals surface area contributed by atoms with Gasteiger partial charge in [-0.2, -0.15) is 0 Å². The van der Waals surface area contributed by atoms with Crippen molar-refractivity contribution in [1.29, 1.82) is 0 Å². The van der Waals surface area contributed by atoms with Crippen LogP contribution in [0.3, 0.4) is 0 Å². The van der Waals surface area contributed by atoms with Crippen LogP contribution in [0.25, 0.3) is 0 Å². The normalized spacial score (nSPS) is 28.0. The first-order valence-corrected chi connectivity index (χ1v) is 7.89. The van der Waals surface area contributed by atoms with Gasteiger partial charge in [0.15, 0.2) is 0 Å². The van der Waals surface area contributed by atoms with Crippen molar-refractivity contribution in [2.45, 2.75) is 50.6 Å². The maximum atomic E-state index is 12.2. The Bertz CT molecular complexity index is 317. The SMILES string of the molecule is CN(C1CCCC1)S(=O)(=O)CC1CCCN1. The second-order valence-corrected chi connectivity index (χ2v) is 7.10. The molecule has 0 aromatic carbocycles. The maximum absolute atomic E-state index is 12.2. The number of rotatable bonds is 4. The van der Waals surface area contributed by atoms with Crippen molar-refractivity contribution < 1.29 is 8.42 Å². The second kappa shape index (κ2) is 5.02. The fourth-order valence-electron chi connectivity index (χ4n) is 2.77. The smallest absolute Gasteiger partial charge is 0.215 e. The van der Waals surface area contributed by atoms with Gasteiger partial charge in [-0.1, -0.05) is 12.8 Å². The summed E-state index contributed by atoms with van der Waals surface area (Å²) in [6.07, 6.45) is 6.52. The van der Waals surface area contributed by atoms with E-state index in [2.05, 4.69) is 5.32 Å². The van der Waals surface area contributed by atoms with E-state index < -0.39 is 10.0 Å². The van der Waals surface area contributed by atoms with Gasteiger partial charge in [-0.3, -0.25) is 0 Å². The van der Waals surface area contributed by atoms with Crippen LogP contribution in [0.4, 0.5) is 0 Å². The minimum Gasteiger partial charge on any atom is -0.313 e. The lowest BCUT2D eigenvalue weighted by Crippen LogP contribution is -2.41. The number of hydrogen-bond acceptors (Lipinski definition) is 3. The van der Waals surface area contributed by atoms with Gasteiger partial charge in [-0.15, -0.1) is 0 Å². The van der Waals surface area contributed by atoms with E-state index in [1.807, 2.05) is 0 Å². The van der Waals surface area contributed by atoms with Crippen LogP contribution in [-0.2, 0) is 10.0 Å². The molecule has 94 valence electrons. The third-order valence-electron chi connectivity index (χ3n) is 3.85. The first-order chi connectivity index (χ1) is 7.59. The molecule has 2 rings (SSSR count). The van der Waals surface area contributed by atoms with Crippen molar-refractivity contribution in [3.8, 4) is 0 Å². The maximum Gasteiger partial charge on any atom is 0.215 e. The first kappa shape index (κ1) is 12.3. The Morgan fingerprint density at radius 1 is 1.19 bits per heavy atom. The Morgan fingerprint density at radius 2 is 1.88 bits per heavy atom. The Morgan fingerprint density at radius 3 is 2.44 bits per heavy atom. The summed E-state index contributed by atoms with van der Waals surface area (Å²) in [4.78, 5) is 0. The predicted molar refractivity (Wildman–Crippen MR) is 64.8 cm³/mol. The molecule has 2 fully saturated rings. The minimum absolute atomic E-state index is 0.175. The molecule has 1 atom stereocenters. The van der Waals surface area contributed by atoms with E-state index in [1.54, 1.807) is 11.4 Å². The summed E-state index contributed by atoms with van der Waals surface area (Å²) < 4.78 is 25.9. The van der Waals surface area contributed by atoms with Gasteiger partial charge in [0.25, 0.3) is 0 Å². The zero-order chi connectivity index (χ0) is 11.6. The summed E-state index contributed by atoms with van der Waals surface area (Å²) in [5, 5.41) is 3.25. The monoisotopic (exact) mass is 246 g/mol. The number of sulfonamides is 1. The summed E-state index contributed by atoms with van der Waals surface area (Å²) in [5.74, 6) is 0.278. The molecule has 1 unspecified atom stereocenters. The topological polar surface area (TPSA) is 49.4 Å². The summed E-state index contributed by atoms with van der Waals surface area (Å²) in [6.45, 7) is 0.966. The first-order valence-electron chi connectivity index (χ1n) is 6.29. The van der Waals surface area contributed by atoms with Crippen LogP contribution >= 0.6 is 0 Å². The molecule has 0 amide bonds. The summed E-state index contributed by atoms with van der Waals surface area (Å²) in [5.41, 5.74) is 0. The summed E-state index contributed by atoms with van der Waals surface area (Å²) in [7, 11) is -1.31. The van der Waals surface area contributed by atoms with Gasteiger partial charge in [0.05, 0.1) is 5.75 Å². The van der Waals surface area contributed by atoms with Crippen molar-refractivity contribution in [2.24, 2.45) is 0 Å². The minimum atomic E-state index is -3.06. The Labute approximate surface area is 98.4 Å². The molecule has 1 N–H and O–H groups in total. The van der Waals surface area contributed by atoms with E-state index in [4.69, 9.17) is 0 Å². The predicted octanol–water partition coefficient (Wildman–Crippen LogP) is 0.943. The fraction of sp³-hybridized carbons (Fsp3) is 1.00. The van der Waals surface area contributed by atoms with Crippen molar-refractivity contribution in [2.75, 3.05) is 19.3 Å². The Hall–Kier alpha value is -0.130. The van der Waals surface area contributed by atoms with Crippen LogP contribution in [0, 0.1) is 0 Å². The van der Waals surface area contributed by atoms with Crippen LogP contribution < -0.4 is 5.32 Å². The number of nitrogens with one attached hydrogen (secondary N) is 1. The van der Waals surface area contributed by atoms with Crippen LogP contribution in [0.15, 0.2) is 0 Å². The quantitative estimate of drug-likeness (QED) is 0.803. The van der Waals surface area contributed by atoms with Gasteiger partial charge in [-0.25, -0.2) is 12.7 Å². The lowest BCUT2D eigenvalue weighted by Gasteiger charge is -2.25. The third-order valence-corrected chi connectivity index (χ3v) is 5.85. The molecule has 5 heteroatoms. The van der Waals surface area contributed by atoms with E-state index >= 15 is 0 Å². The number of nitrogens with zero attached hydrogens (tertiary/aromatic N) is 1. The lowest BCUT2D eigenvalue weighted by atomic mass is 10.3. The van der Waals surface area contributed by atoms with Gasteiger partial charge in [0.2, 0.25) is 10.0 Å². The van der Waals surface area contributed by atoms with E-state index in [0.29, 0.717) is 0 Å². The second-order valence-electron chi connectivity index (χ2n) is 5.03. The lowest BCUT2D eigenvalue weighted by molar-refractivity contribution is 0.370. The summed E-state index contributed by atoms with van der Waals surface area (Å²) in [6, 6.07) is 0.431. The van der Waals surface area contributed by atoms with Crippen LogP contribution in [-0.4, -0.2) is 44.2 Å². The van der Waals surface area contributed by atoms with Crippen molar-refractivity contribution in [1.82, 2.24) is 9.62 Å². The zero-order valence-corrected chi connectivity index (χ0v) is 10.8. The molecular weight excluding hydrogens is 224 g/mol. The van der Waals surface area contributed by atoms with Crippen LogP contribution in [0.5, 0.6) is 0 Å². The number of hydrogen-bond donors (Lipinski definition) is 1. The molecule has 0 bridgehead atoms. The van der Waals surface area contributed by atoms with E-state index in [1.165, 1.54) is 12.8 Å². The molecular formula is C11H22N2O2S. The van der Waals surface area contributed by atoms with E-state index in [9.17, 15) is 8.42 Å². The standard InChI is InChI=1S/C11H22N2O2S/c1-13(11-6-2-3-7-11)16(14,15)9-10-5-4-8-12-10/h10-12H,2-9H2,1H3. The molecule has 2 aliphatic rings. The highest BCUT2D eigenvalue weighted by Crippen LogP contribution is 2.25. The van der Waals surface area contributed by atoms with Gasteiger partial charge < -0.3 is 5.32 Å². The molecule has 0 aromatic rings. The molecule has 1 heterocycles. The molecule has 16 heavy (non-hydrogen) atoms. The molecule has 0 spiro atoms. The molecule has 1 saturated carbocycles. The van der Waals surface area contributed by atoms with Gasteiger partial charge in [0.1, 0.15) is 0 Å². The highest BCUT2D eigenvalue weighted by atomic mass is 32.2. The molecule has 4 nitrogen and oxygen atoms in total. The molecule has 0 aromatic heterocycles. The largest absolute Gasteiger partial charge is 0.313 e. The fourth-order valence-corrected chi connectivity index (χ4v) is 4.46. The average molecular weight is 246 g/mol. The van der Waals surface area contributed by atoms with Crippen LogP contribution in [0.1, 0.15) is 38.5 Å². The molecule has 0 radical (unpaired) electrons. The zero-order valence-electron chi connectivity index (χ0n) is 9.98. The van der Waals surface area contributed by atoms with Crippen LogP contribution in [0.2, 0.25) is 0 Å². The van der Waals surface area contributed by atoms with Crippen molar-refractivity contribution in [3.63, 3.8) is 0 Å². The van der Waals surface area contributed by atoms with E-state index in [0.717, 1.165) is 32.2 Å². The highest BCUT2D eigenvalue weighted by Gasteiger charge is 2.31. The Kier molecular flexibility index (Phi) is 3.87. The summed E-state index contributed by atoms with van der Waals surface area (Å²) >= 11 is 0. The average Bonchev–Trinajstić information content (AvgIpc) is 2.86. The third kappa shape index (κ3) is 2.76. The van der Waals surface area contributed by atoms with Crippen molar-refractivity contribution >= 4 is 10.0 Å². The molecule has 1 saturated heterocycles. The van der Waals surface area contributed by atoms with E-state index in [-0.39, 0.29) is 17.8 Å². The highest BCUT2D eigenvalue weighted by molar-refractivity contribution is 7.89. The Balaban J connectivity index is 1.94. The van der Waals surface area contributed by atoms with Crippen molar-refractivity contribution in [3.05, 3.63) is 0 Å². The van der Waals surface area contributed by atoms with Gasteiger partial charge >= 0.3 is 0 Å².